The van der Waals surface area contributed by atoms with E-state index in [1.807, 2.05) is 0 Å². The highest BCUT2D eigenvalue weighted by Gasteiger charge is 2.18. The number of thiazole rings is 1. The van der Waals surface area contributed by atoms with Gasteiger partial charge in [-0.1, -0.05) is 17.4 Å². The summed E-state index contributed by atoms with van der Waals surface area (Å²) in [6, 6.07) is 5.65. The van der Waals surface area contributed by atoms with Crippen LogP contribution in [0.2, 0.25) is 0 Å². The van der Waals surface area contributed by atoms with Gasteiger partial charge in [-0.2, -0.15) is 0 Å². The molecule has 0 fully saturated rings. The van der Waals surface area contributed by atoms with Crippen LogP contribution in [-0.2, 0) is 10.0 Å². The zero-order chi connectivity index (χ0) is 18.4. The average Bonchev–Trinajstić information content (AvgIpc) is 2.86. The number of hydrogen-bond donors (Lipinski definition) is 1. The summed E-state index contributed by atoms with van der Waals surface area (Å²) in [7, 11) is -4.24. The fraction of sp³-hybridized carbons (Fsp3) is 0. The topological polar surface area (TPSA) is 82.2 Å². The van der Waals surface area contributed by atoms with E-state index in [2.05, 4.69) is 0 Å². The zero-order valence-electron chi connectivity index (χ0n) is 12.2. The van der Waals surface area contributed by atoms with Crippen LogP contribution in [0.15, 0.2) is 51.5 Å². The van der Waals surface area contributed by atoms with Gasteiger partial charge in [-0.05, 0) is 24.3 Å². The molecule has 0 saturated heterocycles. The molecule has 25 heavy (non-hydrogen) atoms. The molecule has 0 aliphatic carbocycles. The Morgan fingerprint density at radius 3 is 2.20 bits per heavy atom. The van der Waals surface area contributed by atoms with E-state index in [9.17, 15) is 26.4 Å². The lowest BCUT2D eigenvalue weighted by molar-refractivity contribution is 0.568. The van der Waals surface area contributed by atoms with Crippen LogP contribution in [-0.4, -0.2) is 13.0 Å². The van der Waals surface area contributed by atoms with Crippen LogP contribution < -0.4 is 10.0 Å². The highest BCUT2D eigenvalue weighted by Crippen LogP contribution is 2.27. The van der Waals surface area contributed by atoms with Crippen molar-refractivity contribution in [1.82, 2.24) is 4.57 Å². The summed E-state index contributed by atoms with van der Waals surface area (Å²) < 4.78 is 64.5. The van der Waals surface area contributed by atoms with Crippen molar-refractivity contribution < 1.29 is 21.6 Å². The summed E-state index contributed by atoms with van der Waals surface area (Å²) >= 11 is 0.745. The lowest BCUT2D eigenvalue weighted by Crippen LogP contribution is -2.15. The largest absolute Gasteiger partial charge is 0.312 e. The molecule has 0 aliphatic heterocycles. The Morgan fingerprint density at radius 2 is 1.64 bits per heavy atom. The first-order chi connectivity index (χ1) is 11.7. The standard InChI is InChI=1S/C15H9F3N2O3S2/c16-9-4-10(17)6-11(5-9)20-13(7-24-15(20)21)8-1-2-14(12(18)3-8)25(19,22)23/h1-7H,(H2,19,22,23). The van der Waals surface area contributed by atoms with Crippen molar-refractivity contribution in [1.29, 1.82) is 0 Å². The van der Waals surface area contributed by atoms with E-state index in [-0.39, 0.29) is 16.9 Å². The van der Waals surface area contributed by atoms with Crippen molar-refractivity contribution in [2.45, 2.75) is 4.90 Å². The zero-order valence-corrected chi connectivity index (χ0v) is 13.9. The Morgan fingerprint density at radius 1 is 1.00 bits per heavy atom. The van der Waals surface area contributed by atoms with Gasteiger partial charge in [-0.3, -0.25) is 9.36 Å². The maximum Gasteiger partial charge on any atom is 0.312 e. The van der Waals surface area contributed by atoms with Crippen LogP contribution in [0.5, 0.6) is 0 Å². The molecule has 3 aromatic rings. The second-order valence-electron chi connectivity index (χ2n) is 5.04. The summed E-state index contributed by atoms with van der Waals surface area (Å²) in [5.74, 6) is -2.86. The van der Waals surface area contributed by atoms with Crippen LogP contribution in [0.1, 0.15) is 0 Å². The van der Waals surface area contributed by atoms with E-state index in [1.165, 1.54) is 11.4 Å². The van der Waals surface area contributed by atoms with Gasteiger partial charge in [0.2, 0.25) is 10.0 Å². The molecule has 130 valence electrons. The van der Waals surface area contributed by atoms with Crippen LogP contribution in [0.25, 0.3) is 16.9 Å². The number of halogens is 3. The summed E-state index contributed by atoms with van der Waals surface area (Å²) in [6.07, 6.45) is 0. The van der Waals surface area contributed by atoms with Crippen LogP contribution in [0, 0.1) is 17.5 Å². The second-order valence-corrected chi connectivity index (χ2v) is 7.39. The Kier molecular flexibility index (Phi) is 4.27. The predicted molar refractivity (Wildman–Crippen MR) is 86.6 cm³/mol. The van der Waals surface area contributed by atoms with Gasteiger partial charge < -0.3 is 0 Å². The Hall–Kier alpha value is -2.43. The molecule has 0 atom stereocenters. The van der Waals surface area contributed by atoms with E-state index in [4.69, 9.17) is 5.14 Å². The molecular weight excluding hydrogens is 377 g/mol. The third-order valence-corrected chi connectivity index (χ3v) is 5.00. The number of primary sulfonamides is 1. The van der Waals surface area contributed by atoms with Crippen molar-refractivity contribution in [2.75, 3.05) is 0 Å². The molecule has 0 radical (unpaired) electrons. The highest BCUT2D eigenvalue weighted by atomic mass is 32.2. The molecule has 1 heterocycles. The van der Waals surface area contributed by atoms with Crippen molar-refractivity contribution in [3.63, 3.8) is 0 Å². The number of aromatic nitrogens is 1. The first-order valence-corrected chi connectivity index (χ1v) is 9.09. The molecule has 0 aliphatic rings. The van der Waals surface area contributed by atoms with Crippen LogP contribution in [0.4, 0.5) is 13.2 Å². The maximum atomic E-state index is 14.0. The van der Waals surface area contributed by atoms with Gasteiger partial charge in [0.25, 0.3) is 0 Å². The molecule has 0 amide bonds. The summed E-state index contributed by atoms with van der Waals surface area (Å²) in [4.78, 5) is 10.8. The summed E-state index contributed by atoms with van der Waals surface area (Å²) in [5.41, 5.74) is 0.225. The van der Waals surface area contributed by atoms with Gasteiger partial charge in [0.1, 0.15) is 22.3 Å². The summed E-state index contributed by atoms with van der Waals surface area (Å²) in [6.45, 7) is 0. The van der Waals surface area contributed by atoms with Gasteiger partial charge >= 0.3 is 4.87 Å². The van der Waals surface area contributed by atoms with Crippen molar-refractivity contribution in [3.8, 4) is 16.9 Å². The molecule has 2 N–H and O–H groups in total. The Bertz CT molecular complexity index is 1120. The number of sulfonamides is 1. The smallest absolute Gasteiger partial charge is 0.267 e. The minimum atomic E-state index is -4.24. The first-order valence-electron chi connectivity index (χ1n) is 6.66. The third kappa shape index (κ3) is 3.36. The molecule has 0 saturated carbocycles. The van der Waals surface area contributed by atoms with E-state index >= 15 is 0 Å². The molecule has 2 aromatic carbocycles. The Balaban J connectivity index is 2.21. The monoisotopic (exact) mass is 386 g/mol. The molecule has 10 heteroatoms. The van der Waals surface area contributed by atoms with Crippen molar-refractivity contribution >= 4 is 21.4 Å². The van der Waals surface area contributed by atoms with E-state index in [0.29, 0.717) is 6.07 Å². The van der Waals surface area contributed by atoms with Gasteiger partial charge in [0.15, 0.2) is 0 Å². The van der Waals surface area contributed by atoms with E-state index < -0.39 is 37.2 Å². The van der Waals surface area contributed by atoms with Gasteiger partial charge in [-0.15, -0.1) is 0 Å². The van der Waals surface area contributed by atoms with Crippen LogP contribution in [0.3, 0.4) is 0 Å². The average molecular weight is 386 g/mol. The number of nitrogens with zero attached hydrogens (tertiary/aromatic N) is 1. The molecule has 1 aromatic heterocycles. The molecule has 5 nitrogen and oxygen atoms in total. The molecule has 3 rings (SSSR count). The molecular formula is C15H9F3N2O3S2. The second kappa shape index (κ2) is 6.14. The predicted octanol–water partition coefficient (Wildman–Crippen LogP) is 2.63. The number of benzene rings is 2. The SMILES string of the molecule is NS(=O)(=O)c1ccc(-c2csc(=O)n2-c2cc(F)cc(F)c2)cc1F. The Labute approximate surface area is 143 Å². The van der Waals surface area contributed by atoms with Gasteiger partial charge in [0.05, 0.1) is 11.4 Å². The quantitative estimate of drug-likeness (QED) is 0.751. The van der Waals surface area contributed by atoms with Gasteiger partial charge in [-0.25, -0.2) is 26.7 Å². The van der Waals surface area contributed by atoms with Crippen LogP contribution >= 0.6 is 11.3 Å². The number of rotatable bonds is 3. The van der Waals surface area contributed by atoms with E-state index in [0.717, 1.165) is 40.2 Å². The number of nitrogens with two attached hydrogens (primary N) is 1. The fourth-order valence-electron chi connectivity index (χ4n) is 2.31. The first kappa shape index (κ1) is 17.4. The normalized spacial score (nSPS) is 11.7. The van der Waals surface area contributed by atoms with Crippen molar-refractivity contribution in [3.05, 3.63) is 68.9 Å². The third-order valence-electron chi connectivity index (χ3n) is 3.33. The lowest BCUT2D eigenvalue weighted by Gasteiger charge is -2.09. The minimum absolute atomic E-state index is 0.0744. The highest BCUT2D eigenvalue weighted by molar-refractivity contribution is 7.89. The van der Waals surface area contributed by atoms with Crippen molar-refractivity contribution in [2.24, 2.45) is 5.14 Å². The summed E-state index contributed by atoms with van der Waals surface area (Å²) in [5, 5.41) is 6.27. The van der Waals surface area contributed by atoms with Gasteiger partial charge in [0, 0.05) is 17.0 Å². The fourth-order valence-corrected chi connectivity index (χ4v) is 3.66. The minimum Gasteiger partial charge on any atom is -0.267 e. The number of hydrogen-bond acceptors (Lipinski definition) is 4. The molecule has 0 spiro atoms. The lowest BCUT2D eigenvalue weighted by atomic mass is 10.1. The molecule has 0 bridgehead atoms. The maximum absolute atomic E-state index is 14.0. The van der Waals surface area contributed by atoms with E-state index in [1.54, 1.807) is 0 Å². The molecule has 0 unspecified atom stereocenters.